The van der Waals surface area contributed by atoms with Gasteiger partial charge in [-0.25, -0.2) is 0 Å². The topological polar surface area (TPSA) is 12.9 Å². The predicted octanol–water partition coefficient (Wildman–Crippen LogP) is 5.46. The van der Waals surface area contributed by atoms with Crippen LogP contribution in [0.1, 0.15) is 45.7 Å². The summed E-state index contributed by atoms with van der Waals surface area (Å²) in [7, 11) is 0. The van der Waals surface area contributed by atoms with E-state index in [4.69, 9.17) is 11.6 Å². The third kappa shape index (κ3) is 3.95. The molecule has 2 rings (SSSR count). The Morgan fingerprint density at radius 3 is 2.68 bits per heavy atom. The molecular weight excluding hydrogens is 322 g/mol. The summed E-state index contributed by atoms with van der Waals surface area (Å²) in [6.07, 6.45) is 6.60. The van der Waals surface area contributed by atoms with Gasteiger partial charge in [0.1, 0.15) is 0 Å². The summed E-state index contributed by atoms with van der Waals surface area (Å²) in [6.45, 7) is 6.99. The smallest absolute Gasteiger partial charge is 0.0413 e. The van der Waals surface area contributed by atoms with Crippen molar-refractivity contribution in [3.05, 3.63) is 28.5 Å². The standard InChI is InChI=1S/C16H23BrClN/c1-11-4-7-14(15(18)8-11)16(2,3)9-13-6-5-12(17)10-19-13/h5-6,10-11,14-15H,4,7-9H2,1-3H3. The van der Waals surface area contributed by atoms with E-state index in [-0.39, 0.29) is 5.41 Å². The Balaban J connectivity index is 2.07. The van der Waals surface area contributed by atoms with Crippen molar-refractivity contribution in [1.82, 2.24) is 4.98 Å². The molecule has 1 aromatic heterocycles. The zero-order valence-electron chi connectivity index (χ0n) is 12.0. The fourth-order valence-corrected chi connectivity index (χ4v) is 4.31. The van der Waals surface area contributed by atoms with Crippen molar-refractivity contribution in [2.24, 2.45) is 17.3 Å². The van der Waals surface area contributed by atoms with Crippen LogP contribution in [0.5, 0.6) is 0 Å². The van der Waals surface area contributed by atoms with E-state index in [1.807, 2.05) is 6.20 Å². The van der Waals surface area contributed by atoms with Gasteiger partial charge in [-0.05, 0) is 64.6 Å². The Kier molecular flexibility index (Phi) is 4.94. The molecule has 1 fully saturated rings. The highest BCUT2D eigenvalue weighted by Crippen LogP contribution is 2.44. The van der Waals surface area contributed by atoms with Crippen LogP contribution in [0, 0.1) is 17.3 Å². The molecule has 1 aliphatic carbocycles. The number of nitrogens with zero attached hydrogens (tertiary/aromatic N) is 1. The first-order valence-corrected chi connectivity index (χ1v) is 8.36. The second-order valence-corrected chi connectivity index (χ2v) is 8.15. The van der Waals surface area contributed by atoms with Crippen molar-refractivity contribution in [3.63, 3.8) is 0 Å². The second kappa shape index (κ2) is 6.13. The van der Waals surface area contributed by atoms with E-state index in [1.165, 1.54) is 12.8 Å². The molecule has 3 heteroatoms. The number of alkyl halides is 1. The van der Waals surface area contributed by atoms with Crippen molar-refractivity contribution in [3.8, 4) is 0 Å². The van der Waals surface area contributed by atoms with Gasteiger partial charge in [0.05, 0.1) is 0 Å². The van der Waals surface area contributed by atoms with Crippen LogP contribution >= 0.6 is 27.5 Å². The Labute approximate surface area is 130 Å². The van der Waals surface area contributed by atoms with Crippen LogP contribution in [0.2, 0.25) is 0 Å². The molecule has 0 amide bonds. The van der Waals surface area contributed by atoms with Crippen LogP contribution in [0.25, 0.3) is 0 Å². The summed E-state index contributed by atoms with van der Waals surface area (Å²) in [5.74, 6) is 1.37. The zero-order valence-corrected chi connectivity index (χ0v) is 14.3. The Morgan fingerprint density at radius 1 is 1.37 bits per heavy atom. The van der Waals surface area contributed by atoms with Gasteiger partial charge in [-0.15, -0.1) is 11.6 Å². The lowest BCUT2D eigenvalue weighted by molar-refractivity contribution is 0.141. The Hall–Kier alpha value is -0.0800. The highest BCUT2D eigenvalue weighted by molar-refractivity contribution is 9.10. The molecule has 0 spiro atoms. The molecular formula is C16H23BrClN. The monoisotopic (exact) mass is 343 g/mol. The van der Waals surface area contributed by atoms with Crippen LogP contribution < -0.4 is 0 Å². The average Bonchev–Trinajstić information content (AvgIpc) is 2.31. The van der Waals surface area contributed by atoms with Crippen molar-refractivity contribution in [2.75, 3.05) is 0 Å². The minimum absolute atomic E-state index is 0.216. The van der Waals surface area contributed by atoms with E-state index < -0.39 is 0 Å². The molecule has 1 saturated carbocycles. The Morgan fingerprint density at radius 2 is 2.11 bits per heavy atom. The van der Waals surface area contributed by atoms with E-state index >= 15 is 0 Å². The van der Waals surface area contributed by atoms with E-state index in [9.17, 15) is 0 Å². The molecule has 3 unspecified atom stereocenters. The SMILES string of the molecule is CC1CCC(C(C)(C)Cc2ccc(Br)cn2)C(Cl)C1. The molecule has 19 heavy (non-hydrogen) atoms. The number of hydrogen-bond donors (Lipinski definition) is 0. The fourth-order valence-electron chi connectivity index (χ4n) is 3.30. The molecule has 0 aromatic carbocycles. The third-order valence-corrected chi connectivity index (χ3v) is 5.42. The predicted molar refractivity (Wildman–Crippen MR) is 85.6 cm³/mol. The fraction of sp³-hybridized carbons (Fsp3) is 0.688. The lowest BCUT2D eigenvalue weighted by Gasteiger charge is -2.41. The largest absolute Gasteiger partial charge is 0.260 e. The summed E-state index contributed by atoms with van der Waals surface area (Å²) in [5, 5.41) is 0.314. The molecule has 0 N–H and O–H groups in total. The van der Waals surface area contributed by atoms with Crippen molar-refractivity contribution in [1.29, 1.82) is 0 Å². The second-order valence-electron chi connectivity index (χ2n) is 6.67. The first kappa shape index (κ1) is 15.3. The molecule has 1 nitrogen and oxygen atoms in total. The highest BCUT2D eigenvalue weighted by atomic mass is 79.9. The van der Waals surface area contributed by atoms with E-state index in [0.29, 0.717) is 11.3 Å². The van der Waals surface area contributed by atoms with E-state index in [0.717, 1.165) is 28.9 Å². The summed E-state index contributed by atoms with van der Waals surface area (Å²) < 4.78 is 1.04. The van der Waals surface area contributed by atoms with Crippen LogP contribution in [0.4, 0.5) is 0 Å². The van der Waals surface area contributed by atoms with E-state index in [2.05, 4.69) is 53.8 Å². The van der Waals surface area contributed by atoms with E-state index in [1.54, 1.807) is 0 Å². The lowest BCUT2D eigenvalue weighted by atomic mass is 9.67. The molecule has 0 radical (unpaired) electrons. The van der Waals surface area contributed by atoms with Gasteiger partial charge < -0.3 is 0 Å². The molecule has 0 bridgehead atoms. The highest BCUT2D eigenvalue weighted by Gasteiger charge is 2.38. The Bertz CT molecular complexity index is 415. The summed E-state index contributed by atoms with van der Waals surface area (Å²) >= 11 is 10.1. The third-order valence-electron chi connectivity index (χ3n) is 4.46. The molecule has 3 atom stereocenters. The van der Waals surface area contributed by atoms with Gasteiger partial charge in [0.2, 0.25) is 0 Å². The van der Waals surface area contributed by atoms with Gasteiger partial charge in [-0.1, -0.05) is 27.2 Å². The maximum atomic E-state index is 6.63. The van der Waals surface area contributed by atoms with Gasteiger partial charge in [-0.2, -0.15) is 0 Å². The van der Waals surface area contributed by atoms with Crippen molar-refractivity contribution < 1.29 is 0 Å². The first-order valence-electron chi connectivity index (χ1n) is 7.13. The number of rotatable bonds is 3. The van der Waals surface area contributed by atoms with Gasteiger partial charge >= 0.3 is 0 Å². The molecule has 0 aliphatic heterocycles. The minimum Gasteiger partial charge on any atom is -0.260 e. The number of aromatic nitrogens is 1. The van der Waals surface area contributed by atoms with Crippen LogP contribution in [0.15, 0.2) is 22.8 Å². The van der Waals surface area contributed by atoms with Gasteiger partial charge in [-0.3, -0.25) is 4.98 Å². The van der Waals surface area contributed by atoms with Crippen molar-refractivity contribution in [2.45, 2.75) is 51.8 Å². The van der Waals surface area contributed by atoms with Crippen molar-refractivity contribution >= 4 is 27.5 Å². The maximum absolute atomic E-state index is 6.63. The molecule has 106 valence electrons. The molecule has 0 saturated heterocycles. The summed E-state index contributed by atoms with van der Waals surface area (Å²) in [4.78, 5) is 4.51. The molecule has 1 aliphatic rings. The number of hydrogen-bond acceptors (Lipinski definition) is 1. The molecule has 1 aromatic rings. The zero-order chi connectivity index (χ0) is 14.0. The van der Waals surface area contributed by atoms with Gasteiger partial charge in [0, 0.05) is 21.7 Å². The number of pyridine rings is 1. The average molecular weight is 345 g/mol. The lowest BCUT2D eigenvalue weighted by Crippen LogP contribution is -2.37. The van der Waals surface area contributed by atoms with Gasteiger partial charge in [0.25, 0.3) is 0 Å². The first-order chi connectivity index (χ1) is 8.88. The van der Waals surface area contributed by atoms with Crippen LogP contribution in [-0.2, 0) is 6.42 Å². The quantitative estimate of drug-likeness (QED) is 0.664. The van der Waals surface area contributed by atoms with Crippen LogP contribution in [0.3, 0.4) is 0 Å². The number of halogens is 2. The maximum Gasteiger partial charge on any atom is 0.0413 e. The summed E-state index contributed by atoms with van der Waals surface area (Å²) in [6, 6.07) is 4.18. The van der Waals surface area contributed by atoms with Gasteiger partial charge in [0.15, 0.2) is 0 Å². The normalized spacial score (nSPS) is 28.4. The minimum atomic E-state index is 0.216. The molecule has 1 heterocycles. The summed E-state index contributed by atoms with van der Waals surface area (Å²) in [5.41, 5.74) is 1.38. The van der Waals surface area contributed by atoms with Crippen LogP contribution in [-0.4, -0.2) is 10.4 Å².